The predicted molar refractivity (Wildman–Crippen MR) is 89.3 cm³/mol. The van der Waals surface area contributed by atoms with Gasteiger partial charge in [0.15, 0.2) is 11.5 Å². The van der Waals surface area contributed by atoms with Gasteiger partial charge in [-0.25, -0.2) is 4.39 Å². The lowest BCUT2D eigenvalue weighted by Gasteiger charge is -2.15. The van der Waals surface area contributed by atoms with Crippen molar-refractivity contribution < 1.29 is 14.2 Å². The fourth-order valence-corrected chi connectivity index (χ4v) is 2.57. The molecule has 116 valence electrons. The Morgan fingerprint density at radius 1 is 0.913 bits per heavy atom. The maximum Gasteiger partial charge on any atom is 0.172 e. The highest BCUT2D eigenvalue weighted by Gasteiger charge is 2.18. The Morgan fingerprint density at radius 3 is 2.35 bits per heavy atom. The second-order valence-electron chi connectivity index (χ2n) is 5.02. The van der Waals surface area contributed by atoms with Crippen LogP contribution < -0.4 is 4.74 Å². The summed E-state index contributed by atoms with van der Waals surface area (Å²) in [5, 5.41) is 10.5. The van der Waals surface area contributed by atoms with Crippen LogP contribution in [0, 0.1) is 5.82 Å². The van der Waals surface area contributed by atoms with Crippen molar-refractivity contribution in [3.63, 3.8) is 0 Å². The maximum atomic E-state index is 14.4. The van der Waals surface area contributed by atoms with Gasteiger partial charge in [-0.2, -0.15) is 0 Å². The van der Waals surface area contributed by atoms with Crippen molar-refractivity contribution in [2.75, 3.05) is 0 Å². The highest BCUT2D eigenvalue weighted by molar-refractivity contribution is 6.33. The predicted octanol–water partition coefficient (Wildman–Crippen LogP) is 5.43. The molecular formula is C19H14ClFO2. The van der Waals surface area contributed by atoms with Crippen molar-refractivity contribution in [1.29, 1.82) is 0 Å². The normalized spacial score (nSPS) is 10.5. The first-order valence-corrected chi connectivity index (χ1v) is 7.47. The Kier molecular flexibility index (Phi) is 4.49. The summed E-state index contributed by atoms with van der Waals surface area (Å²) in [4.78, 5) is 0. The van der Waals surface area contributed by atoms with Gasteiger partial charge < -0.3 is 9.84 Å². The van der Waals surface area contributed by atoms with E-state index in [-0.39, 0.29) is 23.7 Å². The van der Waals surface area contributed by atoms with E-state index < -0.39 is 5.82 Å². The minimum absolute atomic E-state index is 0.0851. The van der Waals surface area contributed by atoms with E-state index in [1.165, 1.54) is 12.1 Å². The van der Waals surface area contributed by atoms with Crippen LogP contribution in [0.5, 0.6) is 11.5 Å². The number of hydrogen-bond donors (Lipinski definition) is 1. The van der Waals surface area contributed by atoms with Gasteiger partial charge >= 0.3 is 0 Å². The van der Waals surface area contributed by atoms with Crippen molar-refractivity contribution >= 4 is 11.6 Å². The van der Waals surface area contributed by atoms with Gasteiger partial charge in [-0.1, -0.05) is 60.1 Å². The number of phenols is 1. The molecule has 23 heavy (non-hydrogen) atoms. The molecule has 0 atom stereocenters. The summed E-state index contributed by atoms with van der Waals surface area (Å²) in [6.07, 6.45) is 0. The summed E-state index contributed by atoms with van der Waals surface area (Å²) >= 11 is 6.17. The molecule has 0 saturated carbocycles. The van der Waals surface area contributed by atoms with Crippen molar-refractivity contribution in [3.8, 4) is 22.6 Å². The van der Waals surface area contributed by atoms with Crippen molar-refractivity contribution in [1.82, 2.24) is 0 Å². The van der Waals surface area contributed by atoms with Gasteiger partial charge in [-0.3, -0.25) is 0 Å². The van der Waals surface area contributed by atoms with E-state index in [0.717, 1.165) is 5.56 Å². The van der Waals surface area contributed by atoms with Crippen LogP contribution in [0.2, 0.25) is 5.02 Å². The second kappa shape index (κ2) is 6.71. The molecule has 0 fully saturated rings. The Balaban J connectivity index is 2.03. The Morgan fingerprint density at radius 2 is 1.61 bits per heavy atom. The molecule has 3 aromatic carbocycles. The van der Waals surface area contributed by atoms with E-state index >= 15 is 0 Å². The van der Waals surface area contributed by atoms with Crippen LogP contribution in [0.1, 0.15) is 5.56 Å². The van der Waals surface area contributed by atoms with Gasteiger partial charge in [0, 0.05) is 10.6 Å². The molecule has 0 aliphatic heterocycles. The molecule has 0 aliphatic rings. The molecular weight excluding hydrogens is 315 g/mol. The van der Waals surface area contributed by atoms with Gasteiger partial charge in [0.05, 0.1) is 5.56 Å². The highest BCUT2D eigenvalue weighted by atomic mass is 35.5. The number of benzene rings is 3. The molecule has 0 saturated heterocycles. The van der Waals surface area contributed by atoms with Crippen LogP contribution in [0.25, 0.3) is 11.1 Å². The molecule has 0 heterocycles. The van der Waals surface area contributed by atoms with Crippen LogP contribution >= 0.6 is 11.6 Å². The third-order valence-corrected chi connectivity index (χ3v) is 3.78. The molecule has 0 aliphatic carbocycles. The lowest BCUT2D eigenvalue weighted by Crippen LogP contribution is -1.99. The topological polar surface area (TPSA) is 29.5 Å². The first-order valence-electron chi connectivity index (χ1n) is 7.10. The third kappa shape index (κ3) is 3.30. The number of aromatic hydroxyl groups is 1. The molecule has 2 nitrogen and oxygen atoms in total. The third-order valence-electron chi connectivity index (χ3n) is 3.46. The van der Waals surface area contributed by atoms with Crippen LogP contribution in [-0.2, 0) is 6.61 Å². The minimum atomic E-state index is -0.501. The lowest BCUT2D eigenvalue weighted by molar-refractivity contribution is 0.289. The summed E-state index contributed by atoms with van der Waals surface area (Å²) < 4.78 is 20.1. The lowest BCUT2D eigenvalue weighted by atomic mass is 10.0. The fourth-order valence-electron chi connectivity index (χ4n) is 2.34. The molecule has 0 spiro atoms. The van der Waals surface area contributed by atoms with Gasteiger partial charge in [0.2, 0.25) is 0 Å². The van der Waals surface area contributed by atoms with Gasteiger partial charge in [0.1, 0.15) is 12.4 Å². The van der Waals surface area contributed by atoms with E-state index in [4.69, 9.17) is 16.3 Å². The molecule has 0 unspecified atom stereocenters. The molecule has 3 aromatic rings. The van der Waals surface area contributed by atoms with Gasteiger partial charge in [0.25, 0.3) is 0 Å². The van der Waals surface area contributed by atoms with Crippen LogP contribution in [0.3, 0.4) is 0 Å². The summed E-state index contributed by atoms with van der Waals surface area (Å²) in [7, 11) is 0. The van der Waals surface area contributed by atoms with Crippen molar-refractivity contribution in [2.24, 2.45) is 0 Å². The Hall–Kier alpha value is -2.52. The standard InChI is InChI=1S/C19H14ClFO2/c20-15-9-5-4-8-14(15)18-16(21)10-11-17(22)19(18)23-12-13-6-2-1-3-7-13/h1-11,22H,12H2. The first-order chi connectivity index (χ1) is 11.2. The largest absolute Gasteiger partial charge is 0.504 e. The number of halogens is 2. The van der Waals surface area contributed by atoms with Gasteiger partial charge in [-0.15, -0.1) is 0 Å². The van der Waals surface area contributed by atoms with Gasteiger partial charge in [-0.05, 0) is 23.8 Å². The molecule has 0 bridgehead atoms. The molecule has 3 rings (SSSR count). The van der Waals surface area contributed by atoms with Crippen LogP contribution in [0.15, 0.2) is 66.7 Å². The van der Waals surface area contributed by atoms with E-state index in [0.29, 0.717) is 10.6 Å². The van der Waals surface area contributed by atoms with E-state index in [2.05, 4.69) is 0 Å². The Bertz CT molecular complexity index is 819. The summed E-state index contributed by atoms with van der Waals surface area (Å²) in [5.41, 5.74) is 1.55. The monoisotopic (exact) mass is 328 g/mol. The highest BCUT2D eigenvalue weighted by Crippen LogP contribution is 2.42. The molecule has 0 radical (unpaired) electrons. The molecule has 0 amide bonds. The molecule has 1 N–H and O–H groups in total. The zero-order valence-electron chi connectivity index (χ0n) is 12.2. The van der Waals surface area contributed by atoms with Crippen molar-refractivity contribution in [3.05, 3.63) is 83.1 Å². The van der Waals surface area contributed by atoms with Crippen molar-refractivity contribution in [2.45, 2.75) is 6.61 Å². The summed E-state index contributed by atoms with van der Waals surface area (Å²) in [6.45, 7) is 0.218. The maximum absolute atomic E-state index is 14.4. The van der Waals surface area contributed by atoms with E-state index in [1.807, 2.05) is 30.3 Å². The minimum Gasteiger partial charge on any atom is -0.504 e. The molecule has 0 aromatic heterocycles. The second-order valence-corrected chi connectivity index (χ2v) is 5.43. The summed E-state index contributed by atoms with van der Waals surface area (Å²) in [6, 6.07) is 18.8. The smallest absolute Gasteiger partial charge is 0.172 e. The zero-order valence-corrected chi connectivity index (χ0v) is 12.9. The first kappa shape index (κ1) is 15.4. The number of ether oxygens (including phenoxy) is 1. The zero-order chi connectivity index (χ0) is 16.2. The van der Waals surface area contributed by atoms with Crippen LogP contribution in [0.4, 0.5) is 4.39 Å². The number of rotatable bonds is 4. The average Bonchev–Trinajstić information content (AvgIpc) is 2.57. The Labute approximate surface area is 138 Å². The molecule has 4 heteroatoms. The summed E-state index contributed by atoms with van der Waals surface area (Å²) in [5.74, 6) is -0.543. The average molecular weight is 329 g/mol. The van der Waals surface area contributed by atoms with E-state index in [1.54, 1.807) is 24.3 Å². The fraction of sp³-hybridized carbons (Fsp3) is 0.0526. The van der Waals surface area contributed by atoms with E-state index in [9.17, 15) is 9.50 Å². The number of phenolic OH excluding ortho intramolecular Hbond substituents is 1. The SMILES string of the molecule is Oc1ccc(F)c(-c2ccccc2Cl)c1OCc1ccccc1. The quantitative estimate of drug-likeness (QED) is 0.692. The number of hydrogen-bond acceptors (Lipinski definition) is 2. The van der Waals surface area contributed by atoms with Crippen LogP contribution in [-0.4, -0.2) is 5.11 Å².